The van der Waals surface area contributed by atoms with Crippen molar-refractivity contribution in [2.24, 2.45) is 5.92 Å². The normalized spacial score (nSPS) is 17.1. The van der Waals surface area contributed by atoms with Crippen molar-refractivity contribution < 1.29 is 4.79 Å². The molecule has 1 aliphatic heterocycles. The summed E-state index contributed by atoms with van der Waals surface area (Å²) in [6, 6.07) is 5.75. The summed E-state index contributed by atoms with van der Waals surface area (Å²) < 4.78 is 0.863. The maximum atomic E-state index is 12.3. The molecule has 1 aromatic rings. The molecule has 1 amide bonds. The Kier molecular flexibility index (Phi) is 5.65. The van der Waals surface area contributed by atoms with Crippen LogP contribution in [0.5, 0.6) is 0 Å². The number of halogens is 1. The van der Waals surface area contributed by atoms with Crippen LogP contribution in [0.3, 0.4) is 0 Å². The first-order valence-corrected chi connectivity index (χ1v) is 8.35. The number of hydrogen-bond donors (Lipinski definition) is 2. The molecule has 0 bridgehead atoms. The van der Waals surface area contributed by atoms with Gasteiger partial charge in [-0.1, -0.05) is 29.8 Å². The first kappa shape index (κ1) is 16.3. The lowest BCUT2D eigenvalue weighted by atomic mass is 10.0. The van der Waals surface area contributed by atoms with E-state index < -0.39 is 0 Å². The fourth-order valence-electron chi connectivity index (χ4n) is 2.88. The summed E-state index contributed by atoms with van der Waals surface area (Å²) in [5.41, 5.74) is 6.93. The van der Waals surface area contributed by atoms with E-state index in [4.69, 9.17) is 5.73 Å². The number of benzene rings is 1. The van der Waals surface area contributed by atoms with Crippen LogP contribution in [-0.2, 0) is 0 Å². The maximum Gasteiger partial charge on any atom is 0.253 e. The molecule has 1 fully saturated rings. The third-order valence-corrected chi connectivity index (χ3v) is 4.60. The van der Waals surface area contributed by atoms with Crippen molar-refractivity contribution in [2.45, 2.75) is 32.7 Å². The molecule has 3 N–H and O–H groups in total. The van der Waals surface area contributed by atoms with E-state index in [9.17, 15) is 4.79 Å². The molecule has 1 aromatic carbocycles. The third kappa shape index (κ3) is 4.20. The Morgan fingerprint density at radius 3 is 2.67 bits per heavy atom. The highest BCUT2D eigenvalue weighted by atomic mass is 79.9. The Labute approximate surface area is 135 Å². The number of nitrogens with zero attached hydrogens (tertiary/aromatic N) is 1. The summed E-state index contributed by atoms with van der Waals surface area (Å²) in [5.74, 6) is 0.418. The molecule has 1 unspecified atom stereocenters. The second-order valence-corrected chi connectivity index (χ2v) is 6.91. The predicted molar refractivity (Wildman–Crippen MR) is 90.3 cm³/mol. The Morgan fingerprint density at radius 2 is 2.05 bits per heavy atom. The van der Waals surface area contributed by atoms with Crippen molar-refractivity contribution in [3.05, 3.63) is 28.2 Å². The Bertz CT molecular complexity index is 498. The van der Waals surface area contributed by atoms with Gasteiger partial charge in [-0.2, -0.15) is 0 Å². The van der Waals surface area contributed by atoms with Crippen LogP contribution in [-0.4, -0.2) is 36.5 Å². The van der Waals surface area contributed by atoms with E-state index in [1.807, 2.05) is 6.07 Å². The zero-order valence-corrected chi connectivity index (χ0v) is 14.3. The highest BCUT2D eigenvalue weighted by Gasteiger charge is 2.25. The van der Waals surface area contributed by atoms with Crippen LogP contribution in [0.2, 0.25) is 0 Å². The van der Waals surface area contributed by atoms with Gasteiger partial charge in [0.25, 0.3) is 5.91 Å². The topological polar surface area (TPSA) is 58.4 Å². The second-order valence-electron chi connectivity index (χ2n) is 6.00. The molecule has 1 saturated heterocycles. The van der Waals surface area contributed by atoms with E-state index in [-0.39, 0.29) is 5.91 Å². The van der Waals surface area contributed by atoms with Crippen LogP contribution in [0.1, 0.15) is 37.0 Å². The van der Waals surface area contributed by atoms with Crippen molar-refractivity contribution in [3.63, 3.8) is 0 Å². The van der Waals surface area contributed by atoms with E-state index in [1.54, 1.807) is 12.1 Å². The lowest BCUT2D eigenvalue weighted by Crippen LogP contribution is -2.45. The van der Waals surface area contributed by atoms with Gasteiger partial charge in [-0.15, -0.1) is 0 Å². The minimum Gasteiger partial charge on any atom is -0.398 e. The summed E-state index contributed by atoms with van der Waals surface area (Å²) in [6.45, 7) is 7.36. The van der Waals surface area contributed by atoms with Crippen LogP contribution in [0.25, 0.3) is 0 Å². The van der Waals surface area contributed by atoms with Gasteiger partial charge in [0.15, 0.2) is 0 Å². The van der Waals surface area contributed by atoms with Crippen LogP contribution < -0.4 is 11.1 Å². The summed E-state index contributed by atoms with van der Waals surface area (Å²) in [7, 11) is 0. The molecule has 0 aromatic heterocycles. The van der Waals surface area contributed by atoms with Crippen molar-refractivity contribution >= 4 is 27.5 Å². The largest absolute Gasteiger partial charge is 0.398 e. The Hall–Kier alpha value is -1.07. The van der Waals surface area contributed by atoms with Crippen molar-refractivity contribution in [1.82, 2.24) is 10.2 Å². The van der Waals surface area contributed by atoms with Gasteiger partial charge in [-0.25, -0.2) is 0 Å². The summed E-state index contributed by atoms with van der Waals surface area (Å²) >= 11 is 3.38. The Morgan fingerprint density at radius 1 is 1.38 bits per heavy atom. The highest BCUT2D eigenvalue weighted by Crippen LogP contribution is 2.20. The van der Waals surface area contributed by atoms with Crippen molar-refractivity contribution in [3.8, 4) is 0 Å². The van der Waals surface area contributed by atoms with Crippen LogP contribution in [0, 0.1) is 5.92 Å². The zero-order chi connectivity index (χ0) is 15.4. The molecule has 0 spiro atoms. The minimum absolute atomic E-state index is 0.0985. The van der Waals surface area contributed by atoms with Crippen molar-refractivity contribution in [1.29, 1.82) is 0 Å². The summed E-state index contributed by atoms with van der Waals surface area (Å²) in [5, 5.41) is 3.04. The fourth-order valence-corrected chi connectivity index (χ4v) is 3.24. The second kappa shape index (κ2) is 7.27. The monoisotopic (exact) mass is 353 g/mol. The van der Waals surface area contributed by atoms with Gasteiger partial charge in [0.05, 0.1) is 5.56 Å². The minimum atomic E-state index is -0.0985. The van der Waals surface area contributed by atoms with Gasteiger partial charge in [-0.3, -0.25) is 9.69 Å². The SMILES string of the molecule is CC(C)C(CNC(=O)c1cc(Br)ccc1N)N1CCCC1. The van der Waals surface area contributed by atoms with E-state index in [0.717, 1.165) is 17.6 Å². The zero-order valence-electron chi connectivity index (χ0n) is 12.7. The molecule has 0 aliphatic carbocycles. The lowest BCUT2D eigenvalue weighted by Gasteiger charge is -2.31. The molecular formula is C16H24BrN3O. The molecule has 1 atom stereocenters. The standard InChI is InChI=1S/C16H24BrN3O/c1-11(2)15(20-7-3-4-8-20)10-19-16(21)13-9-12(17)5-6-14(13)18/h5-6,9,11,15H,3-4,7-8,10,18H2,1-2H3,(H,19,21). The Balaban J connectivity index is 1.99. The molecule has 5 heteroatoms. The maximum absolute atomic E-state index is 12.3. The molecule has 116 valence electrons. The van der Waals surface area contributed by atoms with E-state index in [0.29, 0.717) is 29.8 Å². The van der Waals surface area contributed by atoms with Gasteiger partial charge in [0.1, 0.15) is 0 Å². The molecule has 21 heavy (non-hydrogen) atoms. The number of likely N-dealkylation sites (tertiary alicyclic amines) is 1. The van der Waals surface area contributed by atoms with Gasteiger partial charge < -0.3 is 11.1 Å². The molecule has 4 nitrogen and oxygen atoms in total. The first-order chi connectivity index (χ1) is 9.99. The molecular weight excluding hydrogens is 330 g/mol. The number of nitrogens with one attached hydrogen (secondary N) is 1. The van der Waals surface area contributed by atoms with Crippen LogP contribution in [0.15, 0.2) is 22.7 Å². The summed E-state index contributed by atoms with van der Waals surface area (Å²) in [6.07, 6.45) is 2.52. The molecule has 1 heterocycles. The van der Waals surface area contributed by atoms with E-state index >= 15 is 0 Å². The number of rotatable bonds is 5. The van der Waals surface area contributed by atoms with Crippen LogP contribution >= 0.6 is 15.9 Å². The average Bonchev–Trinajstić information content (AvgIpc) is 2.95. The lowest BCUT2D eigenvalue weighted by molar-refractivity contribution is 0.0928. The first-order valence-electron chi connectivity index (χ1n) is 7.56. The van der Waals surface area contributed by atoms with Gasteiger partial charge >= 0.3 is 0 Å². The van der Waals surface area contributed by atoms with E-state index in [2.05, 4.69) is 40.0 Å². The number of nitrogen functional groups attached to an aromatic ring is 1. The van der Waals surface area contributed by atoms with E-state index in [1.165, 1.54) is 12.8 Å². The number of amides is 1. The van der Waals surface area contributed by atoms with Gasteiger partial charge in [-0.05, 0) is 50.0 Å². The number of carbonyl (C=O) groups excluding carboxylic acids is 1. The number of nitrogens with two attached hydrogens (primary N) is 1. The van der Waals surface area contributed by atoms with Crippen molar-refractivity contribution in [2.75, 3.05) is 25.4 Å². The molecule has 0 saturated carbocycles. The molecule has 1 aliphatic rings. The number of hydrogen-bond acceptors (Lipinski definition) is 3. The summed E-state index contributed by atoms with van der Waals surface area (Å²) in [4.78, 5) is 14.8. The molecule has 0 radical (unpaired) electrons. The van der Waals surface area contributed by atoms with Crippen LogP contribution in [0.4, 0.5) is 5.69 Å². The quantitative estimate of drug-likeness (QED) is 0.800. The number of anilines is 1. The average molecular weight is 354 g/mol. The van der Waals surface area contributed by atoms with Gasteiger partial charge in [0.2, 0.25) is 0 Å². The predicted octanol–water partition coefficient (Wildman–Crippen LogP) is 2.88. The molecule has 2 rings (SSSR count). The van der Waals surface area contributed by atoms with Gasteiger partial charge in [0, 0.05) is 22.7 Å². The highest BCUT2D eigenvalue weighted by molar-refractivity contribution is 9.10. The third-order valence-electron chi connectivity index (χ3n) is 4.11. The smallest absolute Gasteiger partial charge is 0.253 e. The fraction of sp³-hybridized carbons (Fsp3) is 0.562. The number of carbonyl (C=O) groups is 1.